The topological polar surface area (TPSA) is 89.7 Å². The van der Waals surface area contributed by atoms with Gasteiger partial charge in [-0.25, -0.2) is 12.7 Å². The molecule has 86 valence electrons. The van der Waals surface area contributed by atoms with E-state index in [9.17, 15) is 13.2 Å². The molecule has 1 amide bonds. The first-order valence-corrected chi connectivity index (χ1v) is 5.88. The number of hydrogen-bond donors (Lipinski definition) is 1. The molecule has 0 aromatic heterocycles. The van der Waals surface area contributed by atoms with E-state index in [0.29, 0.717) is 9.99 Å². The number of rotatable bonds is 2. The van der Waals surface area contributed by atoms with Gasteiger partial charge in [-0.05, 0) is 18.2 Å². The summed E-state index contributed by atoms with van der Waals surface area (Å²) < 4.78 is 29.2. The zero-order valence-corrected chi connectivity index (χ0v) is 9.32. The molecule has 0 fully saturated rings. The van der Waals surface area contributed by atoms with E-state index in [1.165, 1.54) is 25.3 Å². The number of fused-ring (bicyclic) bond motifs is 1. The number of hydrogen-bond acceptors (Lipinski definition) is 5. The van der Waals surface area contributed by atoms with E-state index in [2.05, 4.69) is 4.74 Å². The summed E-state index contributed by atoms with van der Waals surface area (Å²) in [5.41, 5.74) is 5.92. The summed E-state index contributed by atoms with van der Waals surface area (Å²) in [5.74, 6) is -0.586. The van der Waals surface area contributed by atoms with Gasteiger partial charge in [0.15, 0.2) is 0 Å². The summed E-state index contributed by atoms with van der Waals surface area (Å²) in [7, 11) is -2.48. The number of carbonyl (C=O) groups excluding carboxylic acids is 1. The highest BCUT2D eigenvalue weighted by Crippen LogP contribution is 2.31. The van der Waals surface area contributed by atoms with Gasteiger partial charge in [-0.1, -0.05) is 0 Å². The molecule has 0 unspecified atom stereocenters. The normalized spacial score (nSPS) is 17.6. The van der Waals surface area contributed by atoms with Crippen LogP contribution in [-0.2, 0) is 14.8 Å². The van der Waals surface area contributed by atoms with Gasteiger partial charge in [0.1, 0.15) is 11.6 Å². The second kappa shape index (κ2) is 3.46. The highest BCUT2D eigenvalue weighted by atomic mass is 32.2. The fourth-order valence-corrected chi connectivity index (χ4v) is 3.05. The van der Waals surface area contributed by atoms with Gasteiger partial charge < -0.3 is 10.5 Å². The zero-order valence-electron chi connectivity index (χ0n) is 8.50. The number of sulfonamides is 1. The van der Waals surface area contributed by atoms with Crippen molar-refractivity contribution in [2.75, 3.05) is 19.6 Å². The molecule has 0 saturated carbocycles. The zero-order chi connectivity index (χ0) is 11.9. The van der Waals surface area contributed by atoms with Crippen LogP contribution in [-0.4, -0.2) is 32.5 Å². The Morgan fingerprint density at radius 3 is 2.75 bits per heavy atom. The van der Waals surface area contributed by atoms with Crippen molar-refractivity contribution < 1.29 is 17.9 Å². The molecule has 1 heterocycles. The lowest BCUT2D eigenvalue weighted by Gasteiger charge is -2.12. The Balaban J connectivity index is 2.63. The third-order valence-corrected chi connectivity index (χ3v) is 4.02. The Hall–Kier alpha value is -1.60. The number of methoxy groups -OCH3 is 1. The van der Waals surface area contributed by atoms with Crippen molar-refractivity contribution >= 4 is 21.6 Å². The third-order valence-electron chi connectivity index (χ3n) is 2.28. The predicted molar refractivity (Wildman–Crippen MR) is 56.1 cm³/mol. The molecule has 0 spiro atoms. The van der Waals surface area contributed by atoms with Gasteiger partial charge in [0.2, 0.25) is 0 Å². The lowest BCUT2D eigenvalue weighted by atomic mass is 10.2. The number of amides is 1. The van der Waals surface area contributed by atoms with E-state index in [1.807, 2.05) is 0 Å². The number of carbonyl (C=O) groups is 1. The Morgan fingerprint density at radius 2 is 2.12 bits per heavy atom. The molecule has 0 bridgehead atoms. The first-order valence-electron chi connectivity index (χ1n) is 4.44. The smallest absolute Gasteiger partial charge is 0.271 e. The predicted octanol–water partition coefficient (Wildman–Crippen LogP) is 0.0172. The molecule has 6 nitrogen and oxygen atoms in total. The summed E-state index contributed by atoms with van der Waals surface area (Å²) in [6.45, 7) is -0.296. The first kappa shape index (κ1) is 10.9. The van der Waals surface area contributed by atoms with Crippen molar-refractivity contribution in [1.82, 2.24) is 4.31 Å². The van der Waals surface area contributed by atoms with Gasteiger partial charge >= 0.3 is 0 Å². The lowest BCUT2D eigenvalue weighted by Crippen LogP contribution is -2.31. The Bertz CT molecular complexity index is 553. The van der Waals surface area contributed by atoms with E-state index in [1.54, 1.807) is 0 Å². The number of nitrogens with two attached hydrogens (primary N) is 1. The van der Waals surface area contributed by atoms with E-state index in [4.69, 9.17) is 5.73 Å². The van der Waals surface area contributed by atoms with E-state index in [0.717, 1.165) is 0 Å². The van der Waals surface area contributed by atoms with Gasteiger partial charge in [0, 0.05) is 12.8 Å². The number of nitrogens with zero attached hydrogens (tertiary/aromatic N) is 1. The van der Waals surface area contributed by atoms with Crippen LogP contribution in [0.25, 0.3) is 0 Å². The molecule has 0 atom stereocenters. The van der Waals surface area contributed by atoms with Crippen molar-refractivity contribution in [3.05, 3.63) is 23.8 Å². The molecule has 1 aliphatic heterocycles. The second-order valence-electron chi connectivity index (χ2n) is 3.33. The largest absolute Gasteiger partial charge is 0.399 e. The molecule has 0 aliphatic carbocycles. The van der Waals surface area contributed by atoms with Crippen molar-refractivity contribution in [2.45, 2.75) is 4.90 Å². The van der Waals surface area contributed by atoms with Crippen LogP contribution < -0.4 is 5.73 Å². The Kier molecular flexibility index (Phi) is 2.36. The molecule has 1 aromatic rings. The quantitative estimate of drug-likeness (QED) is 0.738. The maximum absolute atomic E-state index is 11.9. The molecule has 1 aromatic carbocycles. The highest BCUT2D eigenvalue weighted by molar-refractivity contribution is 7.90. The van der Waals surface area contributed by atoms with Crippen molar-refractivity contribution in [3.63, 3.8) is 0 Å². The minimum atomic E-state index is -3.80. The minimum absolute atomic E-state index is 0.0606. The van der Waals surface area contributed by atoms with Crippen LogP contribution in [0, 0.1) is 0 Å². The van der Waals surface area contributed by atoms with Gasteiger partial charge in [0.05, 0.1) is 5.56 Å². The summed E-state index contributed by atoms with van der Waals surface area (Å²) >= 11 is 0. The molecule has 16 heavy (non-hydrogen) atoms. The fraction of sp³-hybridized carbons (Fsp3) is 0.222. The average Bonchev–Trinajstić information content (AvgIpc) is 2.40. The summed E-state index contributed by atoms with van der Waals surface area (Å²) in [4.78, 5) is 11.7. The minimum Gasteiger partial charge on any atom is -0.399 e. The maximum atomic E-state index is 11.9. The summed E-state index contributed by atoms with van der Waals surface area (Å²) in [5, 5.41) is 0. The van der Waals surface area contributed by atoms with Crippen LogP contribution in [0.3, 0.4) is 0 Å². The monoisotopic (exact) mass is 242 g/mol. The number of benzene rings is 1. The first-order chi connectivity index (χ1) is 7.48. The SMILES string of the molecule is COCN1C(=O)c2ccc(N)cc2S1(=O)=O. The maximum Gasteiger partial charge on any atom is 0.271 e. The van der Waals surface area contributed by atoms with E-state index >= 15 is 0 Å². The lowest BCUT2D eigenvalue weighted by molar-refractivity contribution is 0.0681. The average molecular weight is 242 g/mol. The van der Waals surface area contributed by atoms with Crippen molar-refractivity contribution in [1.29, 1.82) is 0 Å². The molecule has 7 heteroatoms. The van der Waals surface area contributed by atoms with Gasteiger partial charge in [-0.2, -0.15) is 0 Å². The summed E-state index contributed by atoms with van der Waals surface area (Å²) in [6, 6.07) is 4.17. The highest BCUT2D eigenvalue weighted by Gasteiger charge is 2.41. The molecular formula is C9H10N2O4S. The summed E-state index contributed by atoms with van der Waals surface area (Å²) in [6.07, 6.45) is 0. The molecule has 2 rings (SSSR count). The fourth-order valence-electron chi connectivity index (χ4n) is 1.54. The van der Waals surface area contributed by atoms with E-state index in [-0.39, 0.29) is 17.2 Å². The second-order valence-corrected chi connectivity index (χ2v) is 5.16. The van der Waals surface area contributed by atoms with Gasteiger partial charge in [-0.3, -0.25) is 4.79 Å². The standard InChI is InChI=1S/C9H10N2O4S/c1-15-5-11-9(12)7-3-2-6(10)4-8(7)16(11,13)14/h2-4H,5,10H2,1H3. The van der Waals surface area contributed by atoms with Crippen LogP contribution in [0.2, 0.25) is 0 Å². The van der Waals surface area contributed by atoms with Gasteiger partial charge in [-0.15, -0.1) is 0 Å². The number of anilines is 1. The van der Waals surface area contributed by atoms with Crippen LogP contribution in [0.4, 0.5) is 5.69 Å². The molecule has 1 aliphatic rings. The Labute approximate surface area is 92.7 Å². The molecule has 0 saturated heterocycles. The number of ether oxygens (including phenoxy) is 1. The van der Waals surface area contributed by atoms with Gasteiger partial charge in [0.25, 0.3) is 15.9 Å². The van der Waals surface area contributed by atoms with Crippen molar-refractivity contribution in [3.8, 4) is 0 Å². The van der Waals surface area contributed by atoms with Crippen LogP contribution in [0.5, 0.6) is 0 Å². The van der Waals surface area contributed by atoms with Crippen molar-refractivity contribution in [2.24, 2.45) is 0 Å². The Morgan fingerprint density at radius 1 is 1.44 bits per heavy atom. The third kappa shape index (κ3) is 1.36. The number of nitrogen functional groups attached to an aromatic ring is 1. The molecular weight excluding hydrogens is 232 g/mol. The van der Waals surface area contributed by atoms with Crippen LogP contribution in [0.1, 0.15) is 10.4 Å². The molecule has 0 radical (unpaired) electrons. The van der Waals surface area contributed by atoms with Crippen LogP contribution in [0.15, 0.2) is 23.1 Å². The molecule has 2 N–H and O–H groups in total. The van der Waals surface area contributed by atoms with Crippen LogP contribution >= 0.6 is 0 Å². The van der Waals surface area contributed by atoms with E-state index < -0.39 is 15.9 Å².